The van der Waals surface area contributed by atoms with E-state index in [9.17, 15) is 14.3 Å². The van der Waals surface area contributed by atoms with Crippen molar-refractivity contribution in [2.45, 2.75) is 19.9 Å². The summed E-state index contributed by atoms with van der Waals surface area (Å²) in [4.78, 5) is 12.0. The van der Waals surface area contributed by atoms with Crippen LogP contribution in [-0.2, 0) is 4.79 Å². The minimum atomic E-state index is -0.559. The SMILES string of the molecule is CCOc1ccc(/C=N\NC(=O)[C@@H](C)Nc2ccc(F)cc2)cc1O. The number of hydrogen-bond donors (Lipinski definition) is 3. The number of carbonyl (C=O) groups is 1. The number of hydrogen-bond acceptors (Lipinski definition) is 5. The zero-order valence-electron chi connectivity index (χ0n) is 14.0. The standard InChI is InChI=1S/C18H20FN3O3/c1-3-25-17-9-4-13(10-16(17)23)11-20-22-18(24)12(2)21-15-7-5-14(19)6-8-15/h4-12,21,23H,3H2,1-2H3,(H,22,24)/b20-11-/t12-/m1/s1. The topological polar surface area (TPSA) is 83.0 Å². The van der Waals surface area contributed by atoms with Crippen molar-refractivity contribution in [3.05, 3.63) is 53.8 Å². The van der Waals surface area contributed by atoms with Crippen LogP contribution in [0.4, 0.5) is 10.1 Å². The number of hydrazone groups is 1. The van der Waals surface area contributed by atoms with Gasteiger partial charge in [-0.3, -0.25) is 4.79 Å². The van der Waals surface area contributed by atoms with Gasteiger partial charge in [0, 0.05) is 5.69 Å². The Hall–Kier alpha value is -3.09. The summed E-state index contributed by atoms with van der Waals surface area (Å²) in [6.45, 7) is 3.94. The first kappa shape index (κ1) is 18.3. The van der Waals surface area contributed by atoms with Gasteiger partial charge >= 0.3 is 0 Å². The van der Waals surface area contributed by atoms with Crippen molar-refractivity contribution < 1.29 is 19.0 Å². The van der Waals surface area contributed by atoms with E-state index in [0.29, 0.717) is 23.6 Å². The number of phenols is 1. The molecule has 25 heavy (non-hydrogen) atoms. The number of aromatic hydroxyl groups is 1. The number of carbonyl (C=O) groups excluding carboxylic acids is 1. The fraction of sp³-hybridized carbons (Fsp3) is 0.222. The van der Waals surface area contributed by atoms with Crippen LogP contribution in [0.15, 0.2) is 47.6 Å². The minimum absolute atomic E-state index is 0.00321. The summed E-state index contributed by atoms with van der Waals surface area (Å²) < 4.78 is 18.1. The third-order valence-corrected chi connectivity index (χ3v) is 3.29. The van der Waals surface area contributed by atoms with Gasteiger partial charge in [-0.2, -0.15) is 5.10 Å². The first-order chi connectivity index (χ1) is 12.0. The van der Waals surface area contributed by atoms with Crippen LogP contribution < -0.4 is 15.5 Å². The van der Waals surface area contributed by atoms with E-state index >= 15 is 0 Å². The van der Waals surface area contributed by atoms with Gasteiger partial charge in [-0.1, -0.05) is 0 Å². The molecule has 2 aromatic rings. The van der Waals surface area contributed by atoms with Gasteiger partial charge in [-0.15, -0.1) is 0 Å². The van der Waals surface area contributed by atoms with Crippen LogP contribution in [0.25, 0.3) is 0 Å². The third-order valence-electron chi connectivity index (χ3n) is 3.29. The highest BCUT2D eigenvalue weighted by molar-refractivity contribution is 5.86. The molecule has 0 saturated heterocycles. The largest absolute Gasteiger partial charge is 0.504 e. The Balaban J connectivity index is 1.89. The zero-order valence-corrected chi connectivity index (χ0v) is 14.0. The van der Waals surface area contributed by atoms with Gasteiger partial charge < -0.3 is 15.2 Å². The Morgan fingerprint density at radius 2 is 2.04 bits per heavy atom. The van der Waals surface area contributed by atoms with E-state index in [4.69, 9.17) is 4.74 Å². The van der Waals surface area contributed by atoms with Gasteiger partial charge in [-0.05, 0) is 61.9 Å². The zero-order chi connectivity index (χ0) is 18.2. The molecule has 0 aromatic heterocycles. The van der Waals surface area contributed by atoms with E-state index < -0.39 is 6.04 Å². The summed E-state index contributed by atoms with van der Waals surface area (Å²) >= 11 is 0. The maximum Gasteiger partial charge on any atom is 0.262 e. The molecule has 3 N–H and O–H groups in total. The lowest BCUT2D eigenvalue weighted by atomic mass is 10.2. The van der Waals surface area contributed by atoms with Crippen molar-refractivity contribution in [3.63, 3.8) is 0 Å². The molecular weight excluding hydrogens is 325 g/mol. The molecule has 0 bridgehead atoms. The predicted molar refractivity (Wildman–Crippen MR) is 94.5 cm³/mol. The fourth-order valence-electron chi connectivity index (χ4n) is 2.02. The van der Waals surface area contributed by atoms with Crippen molar-refractivity contribution in [3.8, 4) is 11.5 Å². The molecule has 0 fully saturated rings. The lowest BCUT2D eigenvalue weighted by Crippen LogP contribution is -2.34. The highest BCUT2D eigenvalue weighted by Gasteiger charge is 2.11. The van der Waals surface area contributed by atoms with Crippen molar-refractivity contribution in [1.82, 2.24) is 5.43 Å². The predicted octanol–water partition coefficient (Wildman–Crippen LogP) is 2.88. The second-order valence-corrected chi connectivity index (χ2v) is 5.27. The molecule has 0 unspecified atom stereocenters. The van der Waals surface area contributed by atoms with Crippen molar-refractivity contribution in [1.29, 1.82) is 0 Å². The van der Waals surface area contributed by atoms with Crippen LogP contribution in [0.1, 0.15) is 19.4 Å². The van der Waals surface area contributed by atoms with E-state index in [2.05, 4.69) is 15.8 Å². The third kappa shape index (κ3) is 5.49. The molecule has 0 aliphatic carbocycles. The van der Waals surface area contributed by atoms with Crippen LogP contribution in [0, 0.1) is 5.82 Å². The van der Waals surface area contributed by atoms with Crippen molar-refractivity contribution >= 4 is 17.8 Å². The molecule has 2 aromatic carbocycles. The van der Waals surface area contributed by atoms with Gasteiger partial charge in [0.2, 0.25) is 0 Å². The Kier molecular flexibility index (Phi) is 6.33. The number of rotatable bonds is 7. The molecular formula is C18H20FN3O3. The highest BCUT2D eigenvalue weighted by Crippen LogP contribution is 2.26. The second-order valence-electron chi connectivity index (χ2n) is 5.27. The van der Waals surface area contributed by atoms with Crippen LogP contribution in [0.3, 0.4) is 0 Å². The van der Waals surface area contributed by atoms with E-state index in [0.717, 1.165) is 0 Å². The molecule has 0 radical (unpaired) electrons. The van der Waals surface area contributed by atoms with Gasteiger partial charge in [0.1, 0.15) is 11.9 Å². The number of phenolic OH excluding ortho intramolecular Hbond substituents is 1. The van der Waals surface area contributed by atoms with Crippen LogP contribution in [0.2, 0.25) is 0 Å². The quantitative estimate of drug-likeness (QED) is 0.532. The smallest absolute Gasteiger partial charge is 0.262 e. The van der Waals surface area contributed by atoms with E-state index in [1.807, 2.05) is 6.92 Å². The lowest BCUT2D eigenvalue weighted by molar-refractivity contribution is -0.121. The molecule has 0 saturated carbocycles. The van der Waals surface area contributed by atoms with E-state index in [-0.39, 0.29) is 17.5 Å². The Labute approximate surface area is 145 Å². The van der Waals surface area contributed by atoms with Crippen molar-refractivity contribution in [2.24, 2.45) is 5.10 Å². The average Bonchev–Trinajstić information content (AvgIpc) is 2.59. The van der Waals surface area contributed by atoms with Crippen LogP contribution in [0.5, 0.6) is 11.5 Å². The number of amides is 1. The maximum atomic E-state index is 12.9. The molecule has 0 spiro atoms. The number of benzene rings is 2. The average molecular weight is 345 g/mol. The van der Waals surface area contributed by atoms with Gasteiger partial charge in [-0.25, -0.2) is 9.82 Å². The molecule has 6 nitrogen and oxygen atoms in total. The second kappa shape index (κ2) is 8.68. The number of nitrogens with one attached hydrogen (secondary N) is 2. The maximum absolute atomic E-state index is 12.9. The normalized spacial score (nSPS) is 12.0. The Morgan fingerprint density at radius 3 is 2.68 bits per heavy atom. The Morgan fingerprint density at radius 1 is 1.32 bits per heavy atom. The first-order valence-corrected chi connectivity index (χ1v) is 7.80. The Bertz CT molecular complexity index is 748. The number of halogens is 1. The van der Waals surface area contributed by atoms with E-state index in [1.165, 1.54) is 24.4 Å². The molecule has 0 aliphatic rings. The highest BCUT2D eigenvalue weighted by atomic mass is 19.1. The molecule has 0 aliphatic heterocycles. The van der Waals surface area contributed by atoms with Gasteiger partial charge in [0.05, 0.1) is 12.8 Å². The molecule has 1 atom stereocenters. The summed E-state index contributed by atoms with van der Waals surface area (Å²) in [6.07, 6.45) is 1.41. The van der Waals surface area contributed by atoms with Gasteiger partial charge in [0.15, 0.2) is 11.5 Å². The van der Waals surface area contributed by atoms with Gasteiger partial charge in [0.25, 0.3) is 5.91 Å². The molecule has 0 heterocycles. The number of anilines is 1. The molecule has 2 rings (SSSR count). The van der Waals surface area contributed by atoms with E-state index in [1.54, 1.807) is 31.2 Å². The lowest BCUT2D eigenvalue weighted by Gasteiger charge is -2.13. The summed E-state index contributed by atoms with van der Waals surface area (Å²) in [5.41, 5.74) is 3.64. The number of nitrogens with zero attached hydrogens (tertiary/aromatic N) is 1. The summed E-state index contributed by atoms with van der Waals surface area (Å²) in [7, 11) is 0. The minimum Gasteiger partial charge on any atom is -0.504 e. The molecule has 1 amide bonds. The monoisotopic (exact) mass is 345 g/mol. The van der Waals surface area contributed by atoms with Crippen LogP contribution in [-0.4, -0.2) is 29.9 Å². The summed E-state index contributed by atoms with van der Waals surface area (Å²) in [5.74, 6) is -0.300. The van der Waals surface area contributed by atoms with Crippen LogP contribution >= 0.6 is 0 Å². The molecule has 132 valence electrons. The molecule has 7 heteroatoms. The van der Waals surface area contributed by atoms with Crippen molar-refractivity contribution in [2.75, 3.05) is 11.9 Å². The summed E-state index contributed by atoms with van der Waals surface area (Å²) in [5, 5.41) is 16.6. The fourth-order valence-corrected chi connectivity index (χ4v) is 2.02. The first-order valence-electron chi connectivity index (χ1n) is 7.80. The summed E-state index contributed by atoms with van der Waals surface area (Å²) in [6, 6.07) is 9.97. The number of ether oxygens (including phenoxy) is 1.